The quantitative estimate of drug-likeness (QED) is 0.897. The number of methoxy groups -OCH3 is 1. The van der Waals surface area contributed by atoms with Gasteiger partial charge in [-0.05, 0) is 37.3 Å². The molecule has 1 saturated heterocycles. The lowest BCUT2D eigenvalue weighted by atomic mass is 9.98. The Morgan fingerprint density at radius 3 is 2.88 bits per heavy atom. The zero-order valence-electron chi connectivity index (χ0n) is 14.3. The Balaban J connectivity index is 0.00000208. The molecule has 1 amide bonds. The van der Waals surface area contributed by atoms with Gasteiger partial charge in [0.1, 0.15) is 0 Å². The number of amides is 1. The Hall–Kier alpha value is -1.14. The van der Waals surface area contributed by atoms with E-state index in [0.29, 0.717) is 13.1 Å². The molecule has 134 valence electrons. The van der Waals surface area contributed by atoms with Crippen LogP contribution >= 0.6 is 12.4 Å². The van der Waals surface area contributed by atoms with E-state index in [0.717, 1.165) is 44.5 Å². The third kappa shape index (κ3) is 4.09. The zero-order chi connectivity index (χ0) is 16.2. The van der Waals surface area contributed by atoms with Crippen molar-refractivity contribution in [1.29, 1.82) is 0 Å². The van der Waals surface area contributed by atoms with Gasteiger partial charge in [0.25, 0.3) is 0 Å². The molecule has 0 bridgehead atoms. The Labute approximate surface area is 150 Å². The Kier molecular flexibility index (Phi) is 7.04. The molecule has 5 nitrogen and oxygen atoms in total. The van der Waals surface area contributed by atoms with E-state index in [1.807, 2.05) is 17.0 Å². The maximum absolute atomic E-state index is 12.9. The first kappa shape index (κ1) is 19.2. The van der Waals surface area contributed by atoms with Crippen LogP contribution < -0.4 is 10.6 Å². The summed E-state index contributed by atoms with van der Waals surface area (Å²) in [6.45, 7) is 2.72. The van der Waals surface area contributed by atoms with Crippen LogP contribution in [0.3, 0.4) is 0 Å². The number of anilines is 1. The molecule has 0 aromatic heterocycles. The Bertz CT molecular complexity index is 555. The molecule has 2 heterocycles. The van der Waals surface area contributed by atoms with Crippen LogP contribution in [0.2, 0.25) is 0 Å². The number of likely N-dealkylation sites (tertiary alicyclic amines) is 1. The molecule has 1 fully saturated rings. The van der Waals surface area contributed by atoms with Crippen molar-refractivity contribution in [3.05, 3.63) is 29.8 Å². The lowest BCUT2D eigenvalue weighted by molar-refractivity contribution is -0.121. The second-order valence-corrected chi connectivity index (χ2v) is 6.52. The average molecular weight is 354 g/mol. The molecule has 1 aromatic carbocycles. The van der Waals surface area contributed by atoms with Gasteiger partial charge in [-0.2, -0.15) is 0 Å². The number of ether oxygens (including phenoxy) is 1. The lowest BCUT2D eigenvalue weighted by Crippen LogP contribution is -2.52. The van der Waals surface area contributed by atoms with Crippen molar-refractivity contribution in [1.82, 2.24) is 4.90 Å². The van der Waals surface area contributed by atoms with E-state index in [-0.39, 0.29) is 30.5 Å². The summed E-state index contributed by atoms with van der Waals surface area (Å²) in [4.78, 5) is 17.0. The number of nitrogens with two attached hydrogens (primary N) is 1. The molecule has 2 atom stereocenters. The molecular weight excluding hydrogens is 326 g/mol. The Morgan fingerprint density at radius 2 is 2.12 bits per heavy atom. The smallest absolute Gasteiger partial charge is 0.241 e. The van der Waals surface area contributed by atoms with Crippen LogP contribution in [0.1, 0.15) is 24.8 Å². The zero-order valence-corrected chi connectivity index (χ0v) is 15.1. The fourth-order valence-electron chi connectivity index (χ4n) is 3.78. The number of halogens is 1. The number of piperidine rings is 1. The number of aryl methyl sites for hydroxylation is 1. The molecule has 2 unspecified atom stereocenters. The van der Waals surface area contributed by atoms with Gasteiger partial charge in [-0.1, -0.05) is 18.2 Å². The molecule has 0 aliphatic carbocycles. The van der Waals surface area contributed by atoms with Crippen molar-refractivity contribution in [2.45, 2.75) is 37.8 Å². The van der Waals surface area contributed by atoms with Crippen molar-refractivity contribution < 1.29 is 9.53 Å². The summed E-state index contributed by atoms with van der Waals surface area (Å²) in [5, 5.41) is 0. The molecule has 3 rings (SSSR count). The summed E-state index contributed by atoms with van der Waals surface area (Å²) in [5.74, 6) is 0.187. The van der Waals surface area contributed by atoms with Gasteiger partial charge in [0.2, 0.25) is 5.91 Å². The van der Waals surface area contributed by atoms with Gasteiger partial charge in [-0.3, -0.25) is 9.69 Å². The van der Waals surface area contributed by atoms with Gasteiger partial charge in [-0.25, -0.2) is 0 Å². The van der Waals surface area contributed by atoms with Gasteiger partial charge in [-0.15, -0.1) is 12.4 Å². The minimum atomic E-state index is 0. The highest BCUT2D eigenvalue weighted by molar-refractivity contribution is 5.96. The predicted molar refractivity (Wildman–Crippen MR) is 98.8 cm³/mol. The van der Waals surface area contributed by atoms with Crippen LogP contribution in [-0.4, -0.2) is 56.2 Å². The highest BCUT2D eigenvalue weighted by Gasteiger charge is 2.31. The number of nitrogens with zero attached hydrogens (tertiary/aromatic N) is 2. The van der Waals surface area contributed by atoms with Crippen molar-refractivity contribution in [3.8, 4) is 0 Å². The number of carbonyl (C=O) groups excluding carboxylic acids is 1. The third-order valence-corrected chi connectivity index (χ3v) is 5.14. The second kappa shape index (κ2) is 8.81. The van der Waals surface area contributed by atoms with Crippen LogP contribution in [0, 0.1) is 0 Å². The standard InChI is InChI=1S/C18H27N3O2.ClH/c1-23-16-8-10-20(15(11-16)12-19)13-18(22)21-9-4-6-14-5-2-3-7-17(14)21;/h2-3,5,7,15-16H,4,6,8-13,19H2,1H3;1H. The number of rotatable bonds is 4. The van der Waals surface area contributed by atoms with Crippen LogP contribution in [-0.2, 0) is 16.0 Å². The summed E-state index contributed by atoms with van der Waals surface area (Å²) in [6, 6.07) is 8.48. The number of benzene rings is 1. The van der Waals surface area contributed by atoms with Crippen molar-refractivity contribution in [2.24, 2.45) is 5.73 Å². The summed E-state index contributed by atoms with van der Waals surface area (Å²) in [7, 11) is 1.75. The van der Waals surface area contributed by atoms with Crippen LogP contribution in [0.15, 0.2) is 24.3 Å². The molecule has 2 aliphatic rings. The molecule has 0 saturated carbocycles. The van der Waals surface area contributed by atoms with Gasteiger partial charge in [0.15, 0.2) is 0 Å². The molecule has 0 spiro atoms. The Morgan fingerprint density at radius 1 is 1.33 bits per heavy atom. The second-order valence-electron chi connectivity index (χ2n) is 6.52. The van der Waals surface area contributed by atoms with Gasteiger partial charge in [0, 0.05) is 38.5 Å². The van der Waals surface area contributed by atoms with Crippen molar-refractivity contribution in [3.63, 3.8) is 0 Å². The first-order chi connectivity index (χ1) is 11.2. The first-order valence-electron chi connectivity index (χ1n) is 8.58. The van der Waals surface area contributed by atoms with E-state index in [9.17, 15) is 4.79 Å². The molecule has 24 heavy (non-hydrogen) atoms. The molecule has 6 heteroatoms. The molecular formula is C18H28ClN3O2. The lowest BCUT2D eigenvalue weighted by Gasteiger charge is -2.39. The summed E-state index contributed by atoms with van der Waals surface area (Å²) in [6.07, 6.45) is 4.25. The van der Waals surface area contributed by atoms with Gasteiger partial charge >= 0.3 is 0 Å². The largest absolute Gasteiger partial charge is 0.381 e. The fraction of sp³-hybridized carbons (Fsp3) is 0.611. The molecule has 1 aromatic rings. The normalized spacial score (nSPS) is 24.2. The van der Waals surface area contributed by atoms with Crippen LogP contribution in [0.25, 0.3) is 0 Å². The topological polar surface area (TPSA) is 58.8 Å². The number of para-hydroxylation sites is 1. The summed E-state index contributed by atoms with van der Waals surface area (Å²) in [5.41, 5.74) is 8.28. The monoisotopic (exact) mass is 353 g/mol. The van der Waals surface area contributed by atoms with Crippen molar-refractivity contribution in [2.75, 3.05) is 38.2 Å². The highest BCUT2D eigenvalue weighted by atomic mass is 35.5. The number of fused-ring (bicyclic) bond motifs is 1. The number of hydrogen-bond donors (Lipinski definition) is 1. The maximum Gasteiger partial charge on any atom is 0.241 e. The minimum absolute atomic E-state index is 0. The molecule has 0 radical (unpaired) electrons. The van der Waals surface area contributed by atoms with E-state index in [1.54, 1.807) is 7.11 Å². The average Bonchev–Trinajstić information content (AvgIpc) is 2.61. The van der Waals surface area contributed by atoms with E-state index in [2.05, 4.69) is 17.0 Å². The maximum atomic E-state index is 12.9. The van der Waals surface area contributed by atoms with Gasteiger partial charge < -0.3 is 15.4 Å². The van der Waals surface area contributed by atoms with Crippen LogP contribution in [0.4, 0.5) is 5.69 Å². The summed E-state index contributed by atoms with van der Waals surface area (Å²) >= 11 is 0. The SMILES string of the molecule is COC1CCN(CC(=O)N2CCCc3ccccc32)C(CN)C1.Cl. The highest BCUT2D eigenvalue weighted by Crippen LogP contribution is 2.27. The van der Waals surface area contributed by atoms with Crippen molar-refractivity contribution >= 4 is 24.0 Å². The molecule has 2 aliphatic heterocycles. The van der Waals surface area contributed by atoms with E-state index in [1.165, 1.54) is 5.56 Å². The number of carbonyl (C=O) groups is 1. The van der Waals surface area contributed by atoms with Gasteiger partial charge in [0.05, 0.1) is 12.6 Å². The molecule has 2 N–H and O–H groups in total. The fourth-order valence-corrected chi connectivity index (χ4v) is 3.78. The van der Waals surface area contributed by atoms with Crippen LogP contribution in [0.5, 0.6) is 0 Å². The van der Waals surface area contributed by atoms with E-state index in [4.69, 9.17) is 10.5 Å². The minimum Gasteiger partial charge on any atom is -0.381 e. The predicted octanol–water partition coefficient (Wildman–Crippen LogP) is 1.83. The summed E-state index contributed by atoms with van der Waals surface area (Å²) < 4.78 is 5.46. The number of hydrogen-bond acceptors (Lipinski definition) is 4. The third-order valence-electron chi connectivity index (χ3n) is 5.14. The van der Waals surface area contributed by atoms with E-state index < -0.39 is 0 Å². The van der Waals surface area contributed by atoms with E-state index >= 15 is 0 Å². The first-order valence-corrected chi connectivity index (χ1v) is 8.58.